The molecule has 1 heteroatoms. The summed E-state index contributed by atoms with van der Waals surface area (Å²) in [5, 5.41) is 0. The van der Waals surface area contributed by atoms with Crippen LogP contribution in [-0.2, 0) is 5.41 Å². The topological polar surface area (TPSA) is 3.24 Å². The number of benzene rings is 6. The average Bonchev–Trinajstić information content (AvgIpc) is 3.25. The van der Waals surface area contributed by atoms with E-state index in [0.29, 0.717) is 0 Å². The van der Waals surface area contributed by atoms with Crippen molar-refractivity contribution in [1.82, 2.24) is 0 Å². The molecule has 0 amide bonds. The van der Waals surface area contributed by atoms with Gasteiger partial charge in [-0.3, -0.25) is 0 Å². The quantitative estimate of drug-likeness (QED) is 0.222. The Morgan fingerprint density at radius 1 is 0.425 bits per heavy atom. The van der Waals surface area contributed by atoms with Gasteiger partial charge in [0.2, 0.25) is 0 Å². The first-order chi connectivity index (χ1) is 19.6. The SMILES string of the molecule is CC1(C)c2ccccc2-c2c(-c3ccccc3N(c3ccccc3)c3cccc(-c4ccccc4)c3)cccc21. The van der Waals surface area contributed by atoms with Crippen molar-refractivity contribution >= 4 is 17.1 Å². The van der Waals surface area contributed by atoms with Crippen molar-refractivity contribution in [3.63, 3.8) is 0 Å². The van der Waals surface area contributed by atoms with E-state index in [1.54, 1.807) is 0 Å². The molecule has 0 heterocycles. The second-order valence-corrected chi connectivity index (χ2v) is 11.0. The summed E-state index contributed by atoms with van der Waals surface area (Å²) in [6.45, 7) is 4.69. The molecule has 0 spiro atoms. The molecule has 40 heavy (non-hydrogen) atoms. The highest BCUT2D eigenvalue weighted by molar-refractivity contribution is 5.98. The second kappa shape index (κ2) is 9.70. The van der Waals surface area contributed by atoms with Crippen LogP contribution in [0.5, 0.6) is 0 Å². The van der Waals surface area contributed by atoms with Crippen LogP contribution in [0.3, 0.4) is 0 Å². The highest BCUT2D eigenvalue weighted by Gasteiger charge is 2.36. The molecule has 0 saturated carbocycles. The fraction of sp³-hybridized carbons (Fsp3) is 0.0769. The molecule has 6 aromatic rings. The van der Waals surface area contributed by atoms with E-state index < -0.39 is 0 Å². The van der Waals surface area contributed by atoms with Crippen LogP contribution in [0.1, 0.15) is 25.0 Å². The summed E-state index contributed by atoms with van der Waals surface area (Å²) < 4.78 is 0. The van der Waals surface area contributed by atoms with Gasteiger partial charge in [0.1, 0.15) is 0 Å². The first-order valence-corrected chi connectivity index (χ1v) is 14.0. The van der Waals surface area contributed by atoms with E-state index >= 15 is 0 Å². The smallest absolute Gasteiger partial charge is 0.0540 e. The third-order valence-corrected chi connectivity index (χ3v) is 8.27. The molecular weight excluding hydrogens is 482 g/mol. The number of anilines is 3. The lowest BCUT2D eigenvalue weighted by molar-refractivity contribution is 0.660. The van der Waals surface area contributed by atoms with E-state index in [2.05, 4.69) is 170 Å². The third kappa shape index (κ3) is 3.94. The van der Waals surface area contributed by atoms with Gasteiger partial charge in [-0.15, -0.1) is 0 Å². The maximum absolute atomic E-state index is 2.40. The first-order valence-electron chi connectivity index (χ1n) is 14.0. The van der Waals surface area contributed by atoms with Crippen LogP contribution in [0.2, 0.25) is 0 Å². The monoisotopic (exact) mass is 513 g/mol. The number of rotatable bonds is 5. The Morgan fingerprint density at radius 2 is 0.975 bits per heavy atom. The molecule has 1 aliphatic carbocycles. The van der Waals surface area contributed by atoms with Crippen molar-refractivity contribution in [2.45, 2.75) is 19.3 Å². The van der Waals surface area contributed by atoms with Gasteiger partial charge in [-0.25, -0.2) is 0 Å². The summed E-state index contributed by atoms with van der Waals surface area (Å²) in [5.74, 6) is 0. The van der Waals surface area contributed by atoms with E-state index in [0.717, 1.165) is 17.1 Å². The molecule has 0 bridgehead atoms. The van der Waals surface area contributed by atoms with Crippen molar-refractivity contribution in [1.29, 1.82) is 0 Å². The number of fused-ring (bicyclic) bond motifs is 3. The predicted molar refractivity (Wildman–Crippen MR) is 170 cm³/mol. The normalized spacial score (nSPS) is 12.9. The molecule has 0 aromatic heterocycles. The van der Waals surface area contributed by atoms with Gasteiger partial charge >= 0.3 is 0 Å². The minimum atomic E-state index is -0.0417. The Hall–Kier alpha value is -4.88. The standard InChI is InChI=1S/C39H31N/c1-39(2)35-24-11-9-22-34(35)38-33(23-14-25-36(38)39)32-21-10-12-26-37(32)40(30-18-7-4-8-19-30)31-20-13-17-29(27-31)28-15-5-3-6-16-28/h3-27H,1-2H3. The molecule has 192 valence electrons. The molecular formula is C39H31N. The van der Waals surface area contributed by atoms with Gasteiger partial charge in [0.25, 0.3) is 0 Å². The zero-order valence-corrected chi connectivity index (χ0v) is 22.9. The fourth-order valence-electron chi connectivity index (χ4n) is 6.33. The fourth-order valence-corrected chi connectivity index (χ4v) is 6.33. The van der Waals surface area contributed by atoms with Crippen LogP contribution in [0.15, 0.2) is 152 Å². The minimum absolute atomic E-state index is 0.0417. The number of para-hydroxylation sites is 2. The van der Waals surface area contributed by atoms with Crippen molar-refractivity contribution in [2.75, 3.05) is 4.90 Å². The van der Waals surface area contributed by atoms with Gasteiger partial charge in [-0.05, 0) is 69.3 Å². The van der Waals surface area contributed by atoms with Gasteiger partial charge < -0.3 is 4.90 Å². The summed E-state index contributed by atoms with van der Waals surface area (Å²) in [5.41, 5.74) is 13.8. The molecule has 7 rings (SSSR count). The molecule has 0 radical (unpaired) electrons. The van der Waals surface area contributed by atoms with E-state index in [1.807, 2.05) is 0 Å². The van der Waals surface area contributed by atoms with Crippen LogP contribution in [0.4, 0.5) is 17.1 Å². The van der Waals surface area contributed by atoms with Gasteiger partial charge in [0.15, 0.2) is 0 Å². The summed E-state index contributed by atoms with van der Waals surface area (Å²) in [6, 6.07) is 54.7. The Kier molecular flexibility index (Phi) is 5.86. The van der Waals surface area contributed by atoms with Crippen molar-refractivity contribution < 1.29 is 0 Å². The Bertz CT molecular complexity index is 1820. The number of hydrogen-bond donors (Lipinski definition) is 0. The highest BCUT2D eigenvalue weighted by Crippen LogP contribution is 2.53. The summed E-state index contributed by atoms with van der Waals surface area (Å²) in [7, 11) is 0. The Morgan fingerprint density at radius 3 is 1.77 bits per heavy atom. The Balaban J connectivity index is 1.46. The summed E-state index contributed by atoms with van der Waals surface area (Å²) >= 11 is 0. The predicted octanol–water partition coefficient (Wildman–Crippen LogP) is 10.8. The first kappa shape index (κ1) is 24.2. The Labute approximate surface area is 237 Å². The van der Waals surface area contributed by atoms with Gasteiger partial charge in [0.05, 0.1) is 5.69 Å². The maximum Gasteiger partial charge on any atom is 0.0540 e. The van der Waals surface area contributed by atoms with Gasteiger partial charge in [-0.2, -0.15) is 0 Å². The van der Waals surface area contributed by atoms with Crippen LogP contribution >= 0.6 is 0 Å². The largest absolute Gasteiger partial charge is 0.310 e. The molecule has 0 aliphatic heterocycles. The summed E-state index contributed by atoms with van der Waals surface area (Å²) in [4.78, 5) is 2.40. The third-order valence-electron chi connectivity index (χ3n) is 8.27. The zero-order valence-electron chi connectivity index (χ0n) is 22.9. The van der Waals surface area contributed by atoms with Crippen molar-refractivity contribution in [3.8, 4) is 33.4 Å². The molecule has 0 N–H and O–H groups in total. The van der Waals surface area contributed by atoms with Crippen LogP contribution in [0, 0.1) is 0 Å². The maximum atomic E-state index is 2.40. The molecule has 0 saturated heterocycles. The van der Waals surface area contributed by atoms with E-state index in [-0.39, 0.29) is 5.41 Å². The van der Waals surface area contributed by atoms with Gasteiger partial charge in [-0.1, -0.05) is 135 Å². The number of nitrogens with zero attached hydrogens (tertiary/aromatic N) is 1. The zero-order chi connectivity index (χ0) is 27.1. The van der Waals surface area contributed by atoms with Crippen LogP contribution in [-0.4, -0.2) is 0 Å². The average molecular weight is 514 g/mol. The van der Waals surface area contributed by atoms with Crippen molar-refractivity contribution in [3.05, 3.63) is 163 Å². The van der Waals surface area contributed by atoms with E-state index in [1.165, 1.54) is 44.5 Å². The lowest BCUT2D eigenvalue weighted by atomic mass is 9.82. The van der Waals surface area contributed by atoms with Crippen LogP contribution in [0.25, 0.3) is 33.4 Å². The lowest BCUT2D eigenvalue weighted by Gasteiger charge is -2.29. The molecule has 0 unspecified atom stereocenters. The molecule has 6 aromatic carbocycles. The van der Waals surface area contributed by atoms with Crippen molar-refractivity contribution in [2.24, 2.45) is 0 Å². The lowest BCUT2D eigenvalue weighted by Crippen LogP contribution is -2.14. The highest BCUT2D eigenvalue weighted by atomic mass is 15.1. The minimum Gasteiger partial charge on any atom is -0.310 e. The van der Waals surface area contributed by atoms with Crippen LogP contribution < -0.4 is 4.90 Å². The van der Waals surface area contributed by atoms with E-state index in [9.17, 15) is 0 Å². The molecule has 0 fully saturated rings. The van der Waals surface area contributed by atoms with E-state index in [4.69, 9.17) is 0 Å². The molecule has 1 aliphatic rings. The molecule has 1 nitrogen and oxygen atoms in total. The summed E-state index contributed by atoms with van der Waals surface area (Å²) in [6.07, 6.45) is 0. The number of hydrogen-bond acceptors (Lipinski definition) is 1. The molecule has 0 atom stereocenters. The van der Waals surface area contributed by atoms with Gasteiger partial charge in [0, 0.05) is 22.4 Å². The second-order valence-electron chi connectivity index (χ2n) is 11.0.